The Labute approximate surface area is 160 Å². The van der Waals surface area contributed by atoms with Gasteiger partial charge in [0.15, 0.2) is 6.04 Å². The number of methoxy groups -OCH3 is 1. The molecule has 144 valence electrons. The number of amides is 1. The van der Waals surface area contributed by atoms with Gasteiger partial charge >= 0.3 is 5.97 Å². The number of halogens is 1. The third-order valence-corrected chi connectivity index (χ3v) is 4.07. The molecule has 0 aliphatic rings. The van der Waals surface area contributed by atoms with Gasteiger partial charge in [-0.1, -0.05) is 18.2 Å². The van der Waals surface area contributed by atoms with E-state index in [4.69, 9.17) is 0 Å². The van der Waals surface area contributed by atoms with E-state index in [0.717, 1.165) is 12.8 Å². The van der Waals surface area contributed by atoms with Gasteiger partial charge in [-0.05, 0) is 36.4 Å². The zero-order valence-electron chi connectivity index (χ0n) is 15.0. The van der Waals surface area contributed by atoms with Crippen LogP contribution in [0.25, 0.3) is 16.9 Å². The van der Waals surface area contributed by atoms with Crippen molar-refractivity contribution in [3.63, 3.8) is 0 Å². The van der Waals surface area contributed by atoms with Crippen molar-refractivity contribution >= 4 is 11.9 Å². The lowest BCUT2D eigenvalue weighted by Gasteiger charge is -2.13. The Hall–Kier alpha value is -3.52. The Kier molecular flexibility index (Phi) is 5.81. The number of aromatic nitrogens is 2. The van der Waals surface area contributed by atoms with E-state index in [2.05, 4.69) is 15.2 Å². The first kappa shape index (κ1) is 19.2. The highest BCUT2D eigenvalue weighted by atomic mass is 19.1. The van der Waals surface area contributed by atoms with Crippen LogP contribution in [0.1, 0.15) is 10.4 Å². The summed E-state index contributed by atoms with van der Waals surface area (Å²) < 4.78 is 19.4. The summed E-state index contributed by atoms with van der Waals surface area (Å²) in [6.07, 6.45) is 1.51. The smallest absolute Gasteiger partial charge is 0.330 e. The van der Waals surface area contributed by atoms with Gasteiger partial charge in [0.2, 0.25) is 0 Å². The highest BCUT2D eigenvalue weighted by Crippen LogP contribution is 2.24. The summed E-state index contributed by atoms with van der Waals surface area (Å²) >= 11 is 0. The van der Waals surface area contributed by atoms with E-state index in [1.807, 2.05) is 30.3 Å². The number of aliphatic hydroxyl groups is 1. The van der Waals surface area contributed by atoms with Crippen LogP contribution in [0.5, 0.6) is 0 Å². The number of para-hydroxylation sites is 1. The number of aliphatic hydroxyl groups excluding tert-OH is 1. The summed E-state index contributed by atoms with van der Waals surface area (Å²) in [6.45, 7) is -0.614. The number of carbonyl (C=O) groups is 2. The Morgan fingerprint density at radius 1 is 1.18 bits per heavy atom. The van der Waals surface area contributed by atoms with E-state index in [1.165, 1.54) is 35.1 Å². The van der Waals surface area contributed by atoms with E-state index >= 15 is 0 Å². The summed E-state index contributed by atoms with van der Waals surface area (Å²) in [5.41, 5.74) is 1.72. The molecule has 3 aromatic rings. The summed E-state index contributed by atoms with van der Waals surface area (Å²) in [4.78, 5) is 24.5. The number of hydrogen-bond acceptors (Lipinski definition) is 5. The van der Waals surface area contributed by atoms with Crippen LogP contribution in [0.2, 0.25) is 0 Å². The van der Waals surface area contributed by atoms with Crippen LogP contribution < -0.4 is 5.32 Å². The number of benzene rings is 2. The van der Waals surface area contributed by atoms with Gasteiger partial charge in [0.1, 0.15) is 11.5 Å². The molecule has 3 rings (SSSR count). The van der Waals surface area contributed by atoms with Gasteiger partial charge < -0.3 is 15.2 Å². The molecular weight excluding hydrogens is 365 g/mol. The zero-order chi connectivity index (χ0) is 20.1. The van der Waals surface area contributed by atoms with Crippen molar-refractivity contribution in [1.82, 2.24) is 15.1 Å². The van der Waals surface area contributed by atoms with Gasteiger partial charge in [0, 0.05) is 11.8 Å². The van der Waals surface area contributed by atoms with Crippen LogP contribution in [0.3, 0.4) is 0 Å². The first-order valence-electron chi connectivity index (χ1n) is 8.44. The van der Waals surface area contributed by atoms with E-state index in [0.29, 0.717) is 11.3 Å². The number of nitrogens with zero attached hydrogens (tertiary/aromatic N) is 2. The van der Waals surface area contributed by atoms with E-state index in [1.54, 1.807) is 0 Å². The van der Waals surface area contributed by atoms with Crippen LogP contribution in [0, 0.1) is 5.82 Å². The fourth-order valence-corrected chi connectivity index (χ4v) is 2.63. The maximum absolute atomic E-state index is 13.3. The first-order chi connectivity index (χ1) is 13.5. The minimum Gasteiger partial charge on any atom is -0.467 e. The van der Waals surface area contributed by atoms with Crippen molar-refractivity contribution in [2.24, 2.45) is 0 Å². The molecule has 0 saturated heterocycles. The molecule has 7 nitrogen and oxygen atoms in total. The lowest BCUT2D eigenvalue weighted by Crippen LogP contribution is -2.44. The van der Waals surface area contributed by atoms with Crippen LogP contribution in [-0.4, -0.2) is 46.5 Å². The maximum atomic E-state index is 13.3. The second-order valence-corrected chi connectivity index (χ2v) is 5.91. The van der Waals surface area contributed by atoms with E-state index in [9.17, 15) is 19.1 Å². The van der Waals surface area contributed by atoms with Gasteiger partial charge in [0.25, 0.3) is 5.91 Å². The van der Waals surface area contributed by atoms with Crippen LogP contribution in [-0.2, 0) is 9.53 Å². The Morgan fingerprint density at radius 2 is 1.86 bits per heavy atom. The number of esters is 1. The van der Waals surface area contributed by atoms with E-state index < -0.39 is 30.3 Å². The molecule has 0 fully saturated rings. The fourth-order valence-electron chi connectivity index (χ4n) is 2.63. The van der Waals surface area contributed by atoms with Crippen molar-refractivity contribution in [1.29, 1.82) is 0 Å². The Balaban J connectivity index is 2.02. The molecule has 0 saturated carbocycles. The van der Waals surface area contributed by atoms with Crippen molar-refractivity contribution < 1.29 is 23.8 Å². The molecule has 2 aromatic carbocycles. The summed E-state index contributed by atoms with van der Waals surface area (Å²) in [7, 11) is 1.16. The molecule has 8 heteroatoms. The van der Waals surface area contributed by atoms with E-state index in [-0.39, 0.29) is 5.56 Å². The van der Waals surface area contributed by atoms with Crippen molar-refractivity contribution in [2.75, 3.05) is 13.7 Å². The molecule has 1 amide bonds. The number of nitrogens with one attached hydrogen (secondary N) is 1. The Morgan fingerprint density at radius 3 is 2.46 bits per heavy atom. The van der Waals surface area contributed by atoms with Gasteiger partial charge in [-0.15, -0.1) is 0 Å². The number of rotatable bonds is 6. The minimum atomic E-state index is -1.21. The standard InChI is InChI=1S/C20H18FN3O4/c1-28-20(27)17(12-25)22-19(26)16-11-24(15-5-3-2-4-6-15)23-18(16)13-7-9-14(21)10-8-13/h2-11,17,25H,12H2,1H3,(H,22,26)/t17-/m0/s1. The Bertz CT molecular complexity index is 971. The van der Waals surface area contributed by atoms with Crippen LogP contribution in [0.4, 0.5) is 4.39 Å². The second kappa shape index (κ2) is 8.45. The van der Waals surface area contributed by atoms with Crippen LogP contribution in [0.15, 0.2) is 60.8 Å². The quantitative estimate of drug-likeness (QED) is 0.635. The lowest BCUT2D eigenvalue weighted by molar-refractivity contribution is -0.143. The first-order valence-corrected chi connectivity index (χ1v) is 8.44. The molecule has 2 N–H and O–H groups in total. The molecule has 0 aliphatic heterocycles. The summed E-state index contributed by atoms with van der Waals surface area (Å²) in [6, 6.07) is 13.5. The number of ether oxygens (including phenoxy) is 1. The maximum Gasteiger partial charge on any atom is 0.330 e. The highest BCUT2D eigenvalue weighted by molar-refractivity contribution is 6.01. The monoisotopic (exact) mass is 383 g/mol. The predicted molar refractivity (Wildman–Crippen MR) is 99.3 cm³/mol. The molecule has 1 heterocycles. The third-order valence-electron chi connectivity index (χ3n) is 4.07. The van der Waals surface area contributed by atoms with Crippen molar-refractivity contribution in [2.45, 2.75) is 6.04 Å². The average molecular weight is 383 g/mol. The molecule has 0 radical (unpaired) electrons. The molecule has 1 atom stereocenters. The topological polar surface area (TPSA) is 93.5 Å². The van der Waals surface area contributed by atoms with Gasteiger partial charge in [0.05, 0.1) is 25.0 Å². The molecule has 28 heavy (non-hydrogen) atoms. The van der Waals surface area contributed by atoms with Crippen LogP contribution >= 0.6 is 0 Å². The second-order valence-electron chi connectivity index (χ2n) is 5.91. The zero-order valence-corrected chi connectivity index (χ0v) is 15.0. The van der Waals surface area contributed by atoms with Crippen molar-refractivity contribution in [3.8, 4) is 16.9 Å². The molecule has 0 bridgehead atoms. The van der Waals surface area contributed by atoms with Gasteiger partial charge in [-0.25, -0.2) is 13.9 Å². The normalized spacial score (nSPS) is 11.7. The highest BCUT2D eigenvalue weighted by Gasteiger charge is 2.25. The molecular formula is C20H18FN3O4. The molecule has 0 unspecified atom stereocenters. The molecule has 1 aromatic heterocycles. The average Bonchev–Trinajstić information content (AvgIpc) is 3.18. The van der Waals surface area contributed by atoms with Gasteiger partial charge in [-0.3, -0.25) is 4.79 Å². The summed E-state index contributed by atoms with van der Waals surface area (Å²) in [5.74, 6) is -1.80. The largest absolute Gasteiger partial charge is 0.467 e. The minimum absolute atomic E-state index is 0.165. The predicted octanol–water partition coefficient (Wildman–Crippen LogP) is 1.94. The van der Waals surface area contributed by atoms with Gasteiger partial charge in [-0.2, -0.15) is 5.10 Å². The number of carbonyl (C=O) groups excluding carboxylic acids is 2. The van der Waals surface area contributed by atoms with Crippen molar-refractivity contribution in [3.05, 3.63) is 72.2 Å². The third kappa shape index (κ3) is 4.07. The lowest BCUT2D eigenvalue weighted by atomic mass is 10.1. The molecule has 0 aliphatic carbocycles. The SMILES string of the molecule is COC(=O)[C@H](CO)NC(=O)c1cn(-c2ccccc2)nc1-c1ccc(F)cc1. The molecule has 0 spiro atoms. The fraction of sp³-hybridized carbons (Fsp3) is 0.150. The number of hydrogen-bond donors (Lipinski definition) is 2. The summed E-state index contributed by atoms with van der Waals surface area (Å²) in [5, 5.41) is 16.2.